The Morgan fingerprint density at radius 2 is 1.42 bits per heavy atom. The molecule has 0 aromatic carbocycles. The summed E-state index contributed by atoms with van der Waals surface area (Å²) in [7, 11) is -0.470. The Morgan fingerprint density at radius 3 is 1.95 bits per heavy atom. The van der Waals surface area contributed by atoms with Crippen LogP contribution in [0, 0.1) is 10.8 Å². The second-order valence-corrected chi connectivity index (χ2v) is 40.6. The van der Waals surface area contributed by atoms with Crippen LogP contribution in [0.1, 0.15) is 162 Å². The molecule has 4 rings (SSSR count). The number of allylic oxidation sites excluding steroid dienone is 3. The van der Waals surface area contributed by atoms with Crippen LogP contribution in [-0.2, 0) is 70.3 Å². The van der Waals surface area contributed by atoms with Crippen LogP contribution in [0.2, 0.25) is 54.4 Å². The summed E-state index contributed by atoms with van der Waals surface area (Å²) in [5, 5.41) is 22.1. The molecule has 0 spiro atoms. The lowest BCUT2D eigenvalue weighted by molar-refractivity contribution is -0.362. The summed E-state index contributed by atoms with van der Waals surface area (Å²) >= 11 is 0. The van der Waals surface area contributed by atoms with Crippen molar-refractivity contribution < 1.29 is 80.5 Å². The highest BCUT2D eigenvalue weighted by Crippen LogP contribution is 2.55. The Bertz CT molecular complexity index is 2200. The van der Waals surface area contributed by atoms with Crippen molar-refractivity contribution in [2.75, 3.05) is 28.4 Å². The van der Waals surface area contributed by atoms with Gasteiger partial charge in [-0.25, -0.2) is 9.59 Å². The Labute approximate surface area is 503 Å². The van der Waals surface area contributed by atoms with Gasteiger partial charge in [0, 0.05) is 82.7 Å². The minimum atomic E-state index is -2.43. The van der Waals surface area contributed by atoms with Crippen molar-refractivity contribution in [1.29, 1.82) is 0 Å². The quantitative estimate of drug-likeness (QED) is 0.0157. The zero-order valence-corrected chi connectivity index (χ0v) is 57.9. The highest BCUT2D eigenvalue weighted by Gasteiger charge is 2.65. The van der Waals surface area contributed by atoms with Gasteiger partial charge in [-0.3, -0.25) is 4.79 Å². The summed E-state index contributed by atoms with van der Waals surface area (Å²) in [6.07, 6.45) is 7.57. The Balaban J connectivity index is 1.84. The standard InChI is InChI=1S/C63H112O17Si3/c1-22-29-30-31-32-33-54(67)75-57-49-39-55(68)74-56(49)51(40-50(64)44(8)78-82(23-2,24-3)25-4)77-63(57,72-19)59(12,13)35-34-45-41-61(69-16,70-17)42-48(73-45)43-62(71-18)60(14,15)52(80-81(20,21)58(9,10)11)37-46(76-62)36-47(38-53(65)66)79-83(26-5,27-6)28-7/h30-35,39,44-48,50-52,56-57,64H,22-29,36-38,40-43H2,1-21H3,(H,65,66)/b31-30+,33-32+,35-34+/t44-,45+,46-,47-,48+,50-,51-,52+,56?,57+,62+,63-/m1/s1. The second-order valence-electron chi connectivity index (χ2n) is 26.4. The average Bonchev–Trinajstić information content (AvgIpc) is 2.16. The summed E-state index contributed by atoms with van der Waals surface area (Å²) < 4.78 is 80.9. The first-order chi connectivity index (χ1) is 38.7. The second kappa shape index (κ2) is 30.2. The number of rotatable bonds is 33. The van der Waals surface area contributed by atoms with Gasteiger partial charge in [0.15, 0.2) is 48.7 Å². The Morgan fingerprint density at radius 1 is 0.819 bits per heavy atom. The van der Waals surface area contributed by atoms with Crippen LogP contribution in [0.15, 0.2) is 48.1 Å². The molecule has 83 heavy (non-hydrogen) atoms. The molecule has 3 saturated heterocycles. The first kappa shape index (κ1) is 73.1. The number of carboxylic acid groups (broad SMARTS) is 1. The van der Waals surface area contributed by atoms with Crippen LogP contribution < -0.4 is 0 Å². The SMILES string of the molecule is CCC/C=C/C=C/C(=O)O[C@H]1C2=CC(=O)OC2[C@@H](C[C@@H](O)[C@@H](C)O[Si](CC)(CC)CC)O[C@@]1(OC)C(C)(C)/C=C/[C@H]1CC(OC)(OC)C[C@@H](C[C@]2(OC)O[C@H](C[C@H](CC(=O)O)O[Si](CC)(CC)CC)C[C@H](O[Si](C)(C)C(C)(C)C)C2(C)C)O1. The molecule has 1 unspecified atom stereocenters. The third kappa shape index (κ3) is 17.1. The number of aliphatic carboxylic acids is 1. The minimum absolute atomic E-state index is 0.0116. The molecule has 3 fully saturated rings. The molecule has 0 radical (unpaired) electrons. The summed E-state index contributed by atoms with van der Waals surface area (Å²) in [5.41, 5.74) is -1.62. The van der Waals surface area contributed by atoms with Crippen molar-refractivity contribution in [2.24, 2.45) is 10.8 Å². The van der Waals surface area contributed by atoms with E-state index in [4.69, 9.17) is 55.9 Å². The fraction of sp³-hybridized carbons (Fsp3) is 0.825. The van der Waals surface area contributed by atoms with E-state index in [1.54, 1.807) is 33.5 Å². The molecule has 12 atom stereocenters. The van der Waals surface area contributed by atoms with Crippen LogP contribution in [0.4, 0.5) is 0 Å². The molecule has 0 aromatic rings. The van der Waals surface area contributed by atoms with Crippen molar-refractivity contribution in [3.8, 4) is 0 Å². The number of methoxy groups -OCH3 is 4. The summed E-state index contributed by atoms with van der Waals surface area (Å²) in [4.78, 5) is 39.9. The average molecular weight is 1230 g/mol. The number of unbranched alkanes of at least 4 members (excludes halogenated alkanes) is 1. The van der Waals surface area contributed by atoms with E-state index in [0.29, 0.717) is 24.8 Å². The molecule has 0 saturated carbocycles. The van der Waals surface area contributed by atoms with E-state index in [9.17, 15) is 24.6 Å². The van der Waals surface area contributed by atoms with Gasteiger partial charge in [0.25, 0.3) is 0 Å². The first-order valence-electron chi connectivity index (χ1n) is 31.0. The lowest BCUT2D eigenvalue weighted by Gasteiger charge is -2.58. The molecule has 0 bridgehead atoms. The van der Waals surface area contributed by atoms with Crippen LogP contribution >= 0.6 is 0 Å². The minimum Gasteiger partial charge on any atom is -0.481 e. The monoisotopic (exact) mass is 1220 g/mol. The van der Waals surface area contributed by atoms with Gasteiger partial charge in [0.05, 0.1) is 49.1 Å². The number of carbonyl (C=O) groups excluding carboxylic acids is 2. The van der Waals surface area contributed by atoms with E-state index >= 15 is 0 Å². The molecule has 478 valence electrons. The number of carbonyl (C=O) groups is 3. The predicted octanol–water partition coefficient (Wildman–Crippen LogP) is 12.9. The van der Waals surface area contributed by atoms with Gasteiger partial charge in [-0.1, -0.05) is 134 Å². The molecule has 0 aliphatic carbocycles. The molecule has 4 aliphatic heterocycles. The topological polar surface area (TPSA) is 202 Å². The van der Waals surface area contributed by atoms with Gasteiger partial charge in [-0.2, -0.15) is 0 Å². The molecule has 4 heterocycles. The summed E-state index contributed by atoms with van der Waals surface area (Å²) in [6, 6.07) is 5.30. The number of hydrogen-bond donors (Lipinski definition) is 2. The van der Waals surface area contributed by atoms with Crippen molar-refractivity contribution in [3.63, 3.8) is 0 Å². The highest BCUT2D eigenvalue weighted by molar-refractivity contribution is 6.74. The number of aliphatic hydroxyl groups is 1. The number of ether oxygens (including phenoxy) is 9. The molecule has 17 nitrogen and oxygen atoms in total. The number of fused-ring (bicyclic) bond motifs is 1. The highest BCUT2D eigenvalue weighted by atomic mass is 28.4. The maximum absolute atomic E-state index is 13.9. The van der Waals surface area contributed by atoms with E-state index in [0.717, 1.165) is 49.1 Å². The fourth-order valence-electron chi connectivity index (χ4n) is 12.6. The molecular formula is C63H112O17Si3. The zero-order chi connectivity index (χ0) is 62.6. The van der Waals surface area contributed by atoms with Crippen molar-refractivity contribution in [2.45, 2.75) is 294 Å². The van der Waals surface area contributed by atoms with E-state index in [1.807, 2.05) is 39.0 Å². The Kier molecular flexibility index (Phi) is 26.6. The molecule has 2 N–H and O–H groups in total. The number of aliphatic hydroxyl groups excluding tert-OH is 1. The van der Waals surface area contributed by atoms with Crippen molar-refractivity contribution in [1.82, 2.24) is 0 Å². The summed E-state index contributed by atoms with van der Waals surface area (Å²) in [6.45, 7) is 36.0. The molecule has 0 aromatic heterocycles. The normalized spacial score (nSPS) is 29.2. The number of esters is 2. The predicted molar refractivity (Wildman–Crippen MR) is 330 cm³/mol. The zero-order valence-electron chi connectivity index (χ0n) is 54.9. The van der Waals surface area contributed by atoms with Crippen molar-refractivity contribution in [3.05, 3.63) is 48.1 Å². The number of hydrogen-bond acceptors (Lipinski definition) is 16. The Hall–Kier alpha value is -2.42. The molecular weight excluding hydrogens is 1110 g/mol. The van der Waals surface area contributed by atoms with E-state index in [2.05, 4.69) is 96.2 Å². The van der Waals surface area contributed by atoms with Crippen LogP contribution in [0.25, 0.3) is 0 Å². The largest absolute Gasteiger partial charge is 0.481 e. The van der Waals surface area contributed by atoms with E-state index in [1.165, 1.54) is 19.3 Å². The van der Waals surface area contributed by atoms with Crippen LogP contribution in [0.5, 0.6) is 0 Å². The lowest BCUT2D eigenvalue weighted by atomic mass is 9.70. The van der Waals surface area contributed by atoms with Gasteiger partial charge in [0.1, 0.15) is 6.10 Å². The molecule has 20 heteroatoms. The fourth-order valence-corrected chi connectivity index (χ4v) is 19.9. The first-order valence-corrected chi connectivity index (χ1v) is 39.0. The van der Waals surface area contributed by atoms with E-state index < -0.39 is 126 Å². The number of carboxylic acids is 1. The van der Waals surface area contributed by atoms with Gasteiger partial charge in [0.2, 0.25) is 5.79 Å². The maximum atomic E-state index is 13.9. The third-order valence-electron chi connectivity index (χ3n) is 19.8. The molecule has 0 amide bonds. The van der Waals surface area contributed by atoms with E-state index in [-0.39, 0.29) is 36.8 Å². The van der Waals surface area contributed by atoms with Gasteiger partial charge < -0.3 is 66.1 Å². The van der Waals surface area contributed by atoms with Crippen molar-refractivity contribution >= 4 is 42.9 Å². The summed E-state index contributed by atoms with van der Waals surface area (Å²) in [5.74, 6) is -6.53. The maximum Gasteiger partial charge on any atom is 0.331 e. The van der Waals surface area contributed by atoms with Gasteiger partial charge in [-0.15, -0.1) is 0 Å². The smallest absolute Gasteiger partial charge is 0.331 e. The lowest BCUT2D eigenvalue weighted by Crippen LogP contribution is -2.66. The van der Waals surface area contributed by atoms with Crippen LogP contribution in [0.3, 0.4) is 0 Å². The van der Waals surface area contributed by atoms with Gasteiger partial charge in [-0.05, 0) is 80.6 Å². The third-order valence-corrected chi connectivity index (χ3v) is 33.7. The van der Waals surface area contributed by atoms with Crippen LogP contribution in [-0.4, -0.2) is 160 Å². The van der Waals surface area contributed by atoms with Gasteiger partial charge >= 0.3 is 17.9 Å². The molecule has 4 aliphatic rings.